The molecule has 0 radical (unpaired) electrons. The summed E-state index contributed by atoms with van der Waals surface area (Å²) in [6.07, 6.45) is 1.59. The molecular weight excluding hydrogens is 485 g/mol. The predicted octanol–water partition coefficient (Wildman–Crippen LogP) is 3.31. The number of aliphatic imine (C=N–C) groups is 1. The summed E-state index contributed by atoms with van der Waals surface area (Å²) >= 11 is 2.29. The molecule has 1 aromatic heterocycles. The van der Waals surface area contributed by atoms with Gasteiger partial charge >= 0.3 is 0 Å². The summed E-state index contributed by atoms with van der Waals surface area (Å²) in [7, 11) is 0. The summed E-state index contributed by atoms with van der Waals surface area (Å²) < 4.78 is 6.19. The van der Waals surface area contributed by atoms with Gasteiger partial charge in [0.2, 0.25) is 0 Å². The molecule has 9 heteroatoms. The van der Waals surface area contributed by atoms with E-state index in [-0.39, 0.29) is 24.6 Å². The molecule has 8 nitrogen and oxygen atoms in total. The number of aliphatic hydroxyl groups is 1. The Hall–Kier alpha value is -2.92. The molecule has 29 heavy (non-hydrogen) atoms. The summed E-state index contributed by atoms with van der Waals surface area (Å²) in [6.45, 7) is 0.192. The molecule has 0 aliphatic heterocycles. The third kappa shape index (κ3) is 5.55. The zero-order chi connectivity index (χ0) is 20.6. The lowest BCUT2D eigenvalue weighted by Crippen LogP contribution is -2.12. The Balaban J connectivity index is 1.79. The van der Waals surface area contributed by atoms with Crippen molar-refractivity contribution >= 4 is 52.0 Å². The SMILES string of the molecule is NC(=O)c1c(Nc2cccc(CI)c2)n[nH]c1/N=C/c1ccc(OCCO)cc1. The molecule has 0 saturated heterocycles. The highest BCUT2D eigenvalue weighted by Crippen LogP contribution is 2.27. The minimum absolute atomic E-state index is 0.0440. The fraction of sp³-hybridized carbons (Fsp3) is 0.150. The van der Waals surface area contributed by atoms with Gasteiger partial charge in [0.15, 0.2) is 11.6 Å². The average molecular weight is 505 g/mol. The number of aliphatic hydroxyl groups excluding tert-OH is 1. The first-order valence-corrected chi connectivity index (χ1v) is 10.3. The fourth-order valence-corrected chi connectivity index (χ4v) is 3.05. The molecule has 0 aliphatic carbocycles. The molecular formula is C20H20IN5O3. The number of carbonyl (C=O) groups excluding carboxylic acids is 1. The highest BCUT2D eigenvalue weighted by molar-refractivity contribution is 14.1. The summed E-state index contributed by atoms with van der Waals surface area (Å²) in [5, 5.41) is 18.8. The number of carbonyl (C=O) groups is 1. The number of aromatic amines is 1. The van der Waals surface area contributed by atoms with Crippen molar-refractivity contribution in [3.05, 3.63) is 65.2 Å². The molecule has 3 rings (SSSR count). The maximum atomic E-state index is 12.0. The van der Waals surface area contributed by atoms with Crippen molar-refractivity contribution in [1.29, 1.82) is 0 Å². The lowest BCUT2D eigenvalue weighted by molar-refractivity contribution is 0.100. The molecule has 2 aromatic carbocycles. The summed E-state index contributed by atoms with van der Waals surface area (Å²) in [5.41, 5.74) is 8.50. The molecule has 0 saturated carbocycles. The highest BCUT2D eigenvalue weighted by atomic mass is 127. The Bertz CT molecular complexity index is 1000. The van der Waals surface area contributed by atoms with Gasteiger partial charge in [0.1, 0.15) is 17.9 Å². The van der Waals surface area contributed by atoms with Gasteiger partial charge in [-0.3, -0.25) is 9.89 Å². The number of nitrogens with one attached hydrogen (secondary N) is 2. The Morgan fingerprint density at radius 1 is 1.31 bits per heavy atom. The van der Waals surface area contributed by atoms with Gasteiger partial charge in [-0.15, -0.1) is 0 Å². The number of hydrogen-bond donors (Lipinski definition) is 4. The van der Waals surface area contributed by atoms with Crippen LogP contribution in [0.2, 0.25) is 0 Å². The van der Waals surface area contributed by atoms with E-state index in [1.54, 1.807) is 18.3 Å². The van der Waals surface area contributed by atoms with Crippen LogP contribution in [0.4, 0.5) is 17.3 Å². The monoisotopic (exact) mass is 505 g/mol. The van der Waals surface area contributed by atoms with E-state index in [2.05, 4.69) is 43.1 Å². The van der Waals surface area contributed by atoms with Crippen molar-refractivity contribution in [1.82, 2.24) is 10.2 Å². The van der Waals surface area contributed by atoms with Crippen LogP contribution in [0.15, 0.2) is 53.5 Å². The summed E-state index contributed by atoms with van der Waals surface area (Å²) in [5.74, 6) is 0.607. The normalized spacial score (nSPS) is 11.0. The van der Waals surface area contributed by atoms with Crippen LogP contribution in [-0.4, -0.2) is 40.6 Å². The zero-order valence-electron chi connectivity index (χ0n) is 15.4. The molecule has 0 fully saturated rings. The number of benzene rings is 2. The molecule has 0 unspecified atom stereocenters. The predicted molar refractivity (Wildman–Crippen MR) is 121 cm³/mol. The minimum atomic E-state index is -0.633. The van der Waals surface area contributed by atoms with Gasteiger partial charge in [0, 0.05) is 16.3 Å². The number of nitrogens with two attached hydrogens (primary N) is 1. The molecule has 1 amide bonds. The summed E-state index contributed by atoms with van der Waals surface area (Å²) in [4.78, 5) is 16.3. The van der Waals surface area contributed by atoms with E-state index < -0.39 is 5.91 Å². The zero-order valence-corrected chi connectivity index (χ0v) is 17.6. The van der Waals surface area contributed by atoms with Gasteiger partial charge in [-0.25, -0.2) is 4.99 Å². The van der Waals surface area contributed by atoms with Crippen LogP contribution in [0.3, 0.4) is 0 Å². The number of primary amides is 1. The third-order valence-electron chi connectivity index (χ3n) is 3.92. The smallest absolute Gasteiger partial charge is 0.256 e. The number of anilines is 2. The van der Waals surface area contributed by atoms with E-state index in [0.29, 0.717) is 11.6 Å². The molecule has 1 heterocycles. The van der Waals surface area contributed by atoms with Crippen molar-refractivity contribution in [3.63, 3.8) is 0 Å². The number of H-pyrrole nitrogens is 1. The van der Waals surface area contributed by atoms with E-state index in [1.165, 1.54) is 0 Å². The lowest BCUT2D eigenvalue weighted by atomic mass is 10.2. The molecule has 0 spiro atoms. The first-order chi connectivity index (χ1) is 14.1. The Kier molecular flexibility index (Phi) is 7.19. The molecule has 0 aliphatic rings. The van der Waals surface area contributed by atoms with Crippen molar-refractivity contribution in [2.45, 2.75) is 4.43 Å². The number of alkyl halides is 1. The van der Waals surface area contributed by atoms with Crippen LogP contribution < -0.4 is 15.8 Å². The van der Waals surface area contributed by atoms with Crippen LogP contribution in [0, 0.1) is 0 Å². The van der Waals surface area contributed by atoms with Crippen molar-refractivity contribution in [2.24, 2.45) is 10.7 Å². The van der Waals surface area contributed by atoms with Gasteiger partial charge in [-0.1, -0.05) is 34.7 Å². The largest absolute Gasteiger partial charge is 0.491 e. The maximum Gasteiger partial charge on any atom is 0.256 e. The number of ether oxygens (including phenoxy) is 1. The van der Waals surface area contributed by atoms with Gasteiger partial charge in [-0.05, 0) is 47.5 Å². The number of hydrogen-bond acceptors (Lipinski definition) is 6. The number of nitrogens with zero attached hydrogens (tertiary/aromatic N) is 2. The van der Waals surface area contributed by atoms with Crippen molar-refractivity contribution in [2.75, 3.05) is 18.5 Å². The number of aromatic nitrogens is 2. The van der Waals surface area contributed by atoms with Crippen LogP contribution in [0.25, 0.3) is 0 Å². The second-order valence-electron chi connectivity index (χ2n) is 6.02. The average Bonchev–Trinajstić information content (AvgIpc) is 3.14. The van der Waals surface area contributed by atoms with Crippen LogP contribution in [0.5, 0.6) is 5.75 Å². The van der Waals surface area contributed by atoms with E-state index >= 15 is 0 Å². The highest BCUT2D eigenvalue weighted by Gasteiger charge is 2.18. The van der Waals surface area contributed by atoms with Crippen LogP contribution in [-0.2, 0) is 4.43 Å². The second kappa shape index (κ2) is 10.0. The Morgan fingerprint density at radius 2 is 2.10 bits per heavy atom. The topological polar surface area (TPSA) is 126 Å². The molecule has 150 valence electrons. The van der Waals surface area contributed by atoms with E-state index in [0.717, 1.165) is 21.2 Å². The van der Waals surface area contributed by atoms with E-state index in [1.807, 2.05) is 36.4 Å². The molecule has 3 aromatic rings. The Morgan fingerprint density at radius 3 is 2.79 bits per heavy atom. The number of rotatable bonds is 9. The number of amides is 1. The lowest BCUT2D eigenvalue weighted by Gasteiger charge is -2.06. The second-order valence-corrected chi connectivity index (χ2v) is 6.78. The maximum absolute atomic E-state index is 12.0. The van der Waals surface area contributed by atoms with E-state index in [4.69, 9.17) is 15.6 Å². The fourth-order valence-electron chi connectivity index (χ4n) is 2.57. The van der Waals surface area contributed by atoms with Gasteiger partial charge < -0.3 is 20.9 Å². The quantitative estimate of drug-likeness (QED) is 0.202. The Labute approximate surface area is 181 Å². The standard InChI is InChI=1S/C20H20IN5O3/c21-11-14-2-1-3-15(10-14)24-20-17(18(22)28)19(25-26-20)23-12-13-4-6-16(7-5-13)29-9-8-27/h1-7,10,12,27H,8-9,11H2,(H2,22,28)(H2,24,25,26)/b23-12+. The van der Waals surface area contributed by atoms with Crippen molar-refractivity contribution in [3.8, 4) is 5.75 Å². The van der Waals surface area contributed by atoms with Gasteiger partial charge in [0.25, 0.3) is 5.91 Å². The van der Waals surface area contributed by atoms with Crippen LogP contribution >= 0.6 is 22.6 Å². The van der Waals surface area contributed by atoms with Crippen LogP contribution in [0.1, 0.15) is 21.5 Å². The van der Waals surface area contributed by atoms with Gasteiger partial charge in [0.05, 0.1) is 6.61 Å². The molecule has 0 bridgehead atoms. The van der Waals surface area contributed by atoms with Gasteiger partial charge in [-0.2, -0.15) is 5.10 Å². The van der Waals surface area contributed by atoms with Crippen molar-refractivity contribution < 1.29 is 14.6 Å². The molecule has 0 atom stereocenters. The number of halogens is 1. The third-order valence-corrected chi connectivity index (χ3v) is 4.80. The summed E-state index contributed by atoms with van der Waals surface area (Å²) in [6, 6.07) is 15.0. The minimum Gasteiger partial charge on any atom is -0.491 e. The first-order valence-electron chi connectivity index (χ1n) is 8.78. The van der Waals surface area contributed by atoms with E-state index in [9.17, 15) is 4.79 Å². The molecule has 5 N–H and O–H groups in total. The first kappa shape index (κ1) is 20.8.